The van der Waals surface area contributed by atoms with Gasteiger partial charge in [-0.25, -0.2) is 0 Å². The fourth-order valence-electron chi connectivity index (χ4n) is 2.18. The molecule has 0 saturated heterocycles. The number of benzene rings is 1. The van der Waals surface area contributed by atoms with E-state index in [9.17, 15) is 5.11 Å². The lowest BCUT2D eigenvalue weighted by Gasteiger charge is -2.20. The molecular weight excluding hydrogens is 252 g/mol. The molecular formula is C16H22N2O2. The van der Waals surface area contributed by atoms with Gasteiger partial charge in [-0.05, 0) is 25.8 Å². The van der Waals surface area contributed by atoms with Crippen molar-refractivity contribution in [3.8, 4) is 0 Å². The molecule has 0 aliphatic rings. The highest BCUT2D eigenvalue weighted by Crippen LogP contribution is 2.30. The summed E-state index contributed by atoms with van der Waals surface area (Å²) in [6.07, 6.45) is 0.212. The van der Waals surface area contributed by atoms with Crippen molar-refractivity contribution in [2.45, 2.75) is 51.6 Å². The predicted molar refractivity (Wildman–Crippen MR) is 77.6 cm³/mol. The van der Waals surface area contributed by atoms with Crippen molar-refractivity contribution in [2.24, 2.45) is 0 Å². The van der Waals surface area contributed by atoms with E-state index in [4.69, 9.17) is 4.52 Å². The van der Waals surface area contributed by atoms with Crippen LogP contribution in [0, 0.1) is 0 Å². The first kappa shape index (κ1) is 14.7. The van der Waals surface area contributed by atoms with Crippen LogP contribution >= 0.6 is 0 Å². The molecule has 1 N–H and O–H groups in total. The summed E-state index contributed by atoms with van der Waals surface area (Å²) in [6, 6.07) is 10.1. The molecule has 0 amide bonds. The Kier molecular flexibility index (Phi) is 4.23. The Balaban J connectivity index is 2.28. The lowest BCUT2D eigenvalue weighted by Crippen LogP contribution is -2.21. The molecule has 2 atom stereocenters. The summed E-state index contributed by atoms with van der Waals surface area (Å²) in [6.45, 7) is 7.98. The fourth-order valence-corrected chi connectivity index (χ4v) is 2.18. The molecule has 108 valence electrons. The zero-order valence-corrected chi connectivity index (χ0v) is 12.5. The number of aliphatic hydroxyl groups is 1. The van der Waals surface area contributed by atoms with Crippen LogP contribution in [0.1, 0.15) is 57.3 Å². The molecule has 0 aliphatic carbocycles. The lowest BCUT2D eigenvalue weighted by atomic mass is 9.84. The Hall–Kier alpha value is -1.68. The second kappa shape index (κ2) is 5.75. The van der Waals surface area contributed by atoms with Crippen LogP contribution in [-0.2, 0) is 5.41 Å². The second-order valence-corrected chi connectivity index (χ2v) is 5.71. The van der Waals surface area contributed by atoms with Crippen LogP contribution in [0.3, 0.4) is 0 Å². The Morgan fingerprint density at radius 2 is 1.90 bits per heavy atom. The predicted octanol–water partition coefficient (Wildman–Crippen LogP) is 3.27. The van der Waals surface area contributed by atoms with Gasteiger partial charge in [0.2, 0.25) is 5.89 Å². The normalized spacial score (nSPS) is 15.1. The first-order valence-electron chi connectivity index (χ1n) is 7.04. The van der Waals surface area contributed by atoms with Gasteiger partial charge >= 0.3 is 0 Å². The topological polar surface area (TPSA) is 59.2 Å². The standard InChI is InChI=1S/C16H22N2O2/c1-5-13(19)11(2)14-17-15(18-20-14)16(3,4)12-9-7-6-8-10-12/h6-11,13,19H,5H2,1-4H3. The fraction of sp³-hybridized carbons (Fsp3) is 0.500. The largest absolute Gasteiger partial charge is 0.392 e. The van der Waals surface area contributed by atoms with Crippen LogP contribution in [0.25, 0.3) is 0 Å². The van der Waals surface area contributed by atoms with Crippen LogP contribution in [0.4, 0.5) is 0 Å². The van der Waals surface area contributed by atoms with Crippen molar-refractivity contribution in [2.75, 3.05) is 0 Å². The third kappa shape index (κ3) is 2.75. The molecule has 0 fully saturated rings. The van der Waals surface area contributed by atoms with Crippen LogP contribution in [-0.4, -0.2) is 21.4 Å². The first-order valence-corrected chi connectivity index (χ1v) is 7.04. The summed E-state index contributed by atoms with van der Waals surface area (Å²) in [4.78, 5) is 4.49. The summed E-state index contributed by atoms with van der Waals surface area (Å²) in [5.74, 6) is 1.00. The molecule has 4 nitrogen and oxygen atoms in total. The minimum atomic E-state index is -0.455. The lowest BCUT2D eigenvalue weighted by molar-refractivity contribution is 0.129. The Bertz CT molecular complexity index is 549. The molecule has 1 aromatic carbocycles. The third-order valence-corrected chi connectivity index (χ3v) is 3.88. The van der Waals surface area contributed by atoms with Gasteiger partial charge in [0.25, 0.3) is 0 Å². The van der Waals surface area contributed by atoms with E-state index in [1.165, 1.54) is 0 Å². The van der Waals surface area contributed by atoms with E-state index in [1.807, 2.05) is 32.0 Å². The SMILES string of the molecule is CCC(O)C(C)c1nc(C(C)(C)c2ccccc2)no1. The van der Waals surface area contributed by atoms with Gasteiger partial charge in [-0.3, -0.25) is 0 Å². The molecule has 2 aromatic rings. The molecule has 1 aromatic heterocycles. The van der Waals surface area contributed by atoms with Gasteiger partial charge < -0.3 is 9.63 Å². The minimum absolute atomic E-state index is 0.146. The number of aliphatic hydroxyl groups excluding tert-OH is 1. The second-order valence-electron chi connectivity index (χ2n) is 5.71. The van der Waals surface area contributed by atoms with Crippen molar-refractivity contribution in [1.82, 2.24) is 10.1 Å². The van der Waals surface area contributed by atoms with Crippen molar-refractivity contribution in [3.05, 3.63) is 47.6 Å². The highest BCUT2D eigenvalue weighted by atomic mass is 16.5. The summed E-state index contributed by atoms with van der Waals surface area (Å²) in [5, 5.41) is 14.0. The van der Waals surface area contributed by atoms with Gasteiger partial charge in [0, 0.05) is 0 Å². The number of nitrogens with zero attached hydrogens (tertiary/aromatic N) is 2. The third-order valence-electron chi connectivity index (χ3n) is 3.88. The quantitative estimate of drug-likeness (QED) is 0.909. The maximum atomic E-state index is 9.88. The van der Waals surface area contributed by atoms with Crippen molar-refractivity contribution < 1.29 is 9.63 Å². The zero-order valence-electron chi connectivity index (χ0n) is 12.5. The number of aromatic nitrogens is 2. The summed E-state index contributed by atoms with van der Waals surface area (Å²) >= 11 is 0. The molecule has 20 heavy (non-hydrogen) atoms. The van der Waals surface area contributed by atoms with E-state index in [1.54, 1.807) is 0 Å². The maximum absolute atomic E-state index is 9.88. The molecule has 0 saturated carbocycles. The van der Waals surface area contributed by atoms with Crippen LogP contribution in [0.5, 0.6) is 0 Å². The number of hydrogen-bond acceptors (Lipinski definition) is 4. The molecule has 0 aliphatic heterocycles. The smallest absolute Gasteiger partial charge is 0.232 e. The first-order chi connectivity index (χ1) is 9.46. The van der Waals surface area contributed by atoms with E-state index >= 15 is 0 Å². The van der Waals surface area contributed by atoms with Crippen LogP contribution in [0.2, 0.25) is 0 Å². The average Bonchev–Trinajstić information content (AvgIpc) is 2.97. The maximum Gasteiger partial charge on any atom is 0.232 e. The summed E-state index contributed by atoms with van der Waals surface area (Å²) in [5.41, 5.74) is 0.816. The Morgan fingerprint density at radius 3 is 2.50 bits per heavy atom. The van der Waals surface area contributed by atoms with Crippen LogP contribution in [0.15, 0.2) is 34.9 Å². The molecule has 2 rings (SSSR count). The number of hydrogen-bond donors (Lipinski definition) is 1. The van der Waals surface area contributed by atoms with Gasteiger partial charge in [0.15, 0.2) is 5.82 Å². The average molecular weight is 274 g/mol. The molecule has 0 radical (unpaired) electrons. The Labute approximate surface area is 119 Å². The molecule has 2 unspecified atom stereocenters. The highest BCUT2D eigenvalue weighted by Gasteiger charge is 2.30. The van der Waals surface area contributed by atoms with Gasteiger partial charge in [-0.2, -0.15) is 4.98 Å². The van der Waals surface area contributed by atoms with Crippen LogP contribution < -0.4 is 0 Å². The van der Waals surface area contributed by atoms with E-state index in [0.717, 1.165) is 5.56 Å². The molecule has 4 heteroatoms. The van der Waals surface area contributed by atoms with E-state index in [2.05, 4.69) is 36.1 Å². The molecule has 0 bridgehead atoms. The summed E-state index contributed by atoms with van der Waals surface area (Å²) < 4.78 is 5.34. The van der Waals surface area contributed by atoms with Gasteiger partial charge in [0.05, 0.1) is 17.4 Å². The van der Waals surface area contributed by atoms with Crippen molar-refractivity contribution in [3.63, 3.8) is 0 Å². The number of rotatable bonds is 5. The van der Waals surface area contributed by atoms with Crippen molar-refractivity contribution in [1.29, 1.82) is 0 Å². The monoisotopic (exact) mass is 274 g/mol. The summed E-state index contributed by atoms with van der Waals surface area (Å²) in [7, 11) is 0. The highest BCUT2D eigenvalue weighted by molar-refractivity contribution is 5.30. The van der Waals surface area contributed by atoms with E-state index < -0.39 is 6.10 Å². The van der Waals surface area contributed by atoms with E-state index in [0.29, 0.717) is 18.1 Å². The molecule has 0 spiro atoms. The van der Waals surface area contributed by atoms with E-state index in [-0.39, 0.29) is 11.3 Å². The Morgan fingerprint density at radius 1 is 1.25 bits per heavy atom. The van der Waals surface area contributed by atoms with Gasteiger partial charge in [-0.15, -0.1) is 0 Å². The zero-order chi connectivity index (χ0) is 14.8. The van der Waals surface area contributed by atoms with Crippen molar-refractivity contribution >= 4 is 0 Å². The minimum Gasteiger partial charge on any atom is -0.392 e. The van der Waals surface area contributed by atoms with Gasteiger partial charge in [0.1, 0.15) is 0 Å². The van der Waals surface area contributed by atoms with Gasteiger partial charge in [-0.1, -0.05) is 49.3 Å². The molecule has 1 heterocycles.